The summed E-state index contributed by atoms with van der Waals surface area (Å²) in [6.07, 6.45) is 3.87. The summed E-state index contributed by atoms with van der Waals surface area (Å²) in [6.45, 7) is 12.9. The molecule has 1 nitrogen and oxygen atoms in total. The van der Waals surface area contributed by atoms with Gasteiger partial charge in [-0.25, -0.2) is 0 Å². The van der Waals surface area contributed by atoms with E-state index in [-0.39, 0.29) is 5.92 Å². The van der Waals surface area contributed by atoms with Crippen molar-refractivity contribution in [2.24, 2.45) is 0 Å². The molecule has 1 aromatic carbocycles. The fourth-order valence-corrected chi connectivity index (χ4v) is 1.78. The average Bonchev–Trinajstić information content (AvgIpc) is 2.34. The smallest absolute Gasteiger partial charge is 0.122 e. The van der Waals surface area contributed by atoms with Gasteiger partial charge in [-0.15, -0.1) is 6.58 Å². The molecule has 0 amide bonds. The number of allylic oxidation sites excluding steroid dienone is 1. The molecule has 0 N–H and O–H groups in total. The third-order valence-corrected chi connectivity index (χ3v) is 2.67. The van der Waals surface area contributed by atoms with Gasteiger partial charge in [0.25, 0.3) is 0 Å². The Hall–Kier alpha value is -1.24. The molecule has 1 atom stereocenters. The van der Waals surface area contributed by atoms with Gasteiger partial charge in [-0.05, 0) is 37.0 Å². The average molecular weight is 217 g/mol. The zero-order valence-corrected chi connectivity index (χ0v) is 10.3. The summed E-state index contributed by atoms with van der Waals surface area (Å²) in [5.41, 5.74) is 2.49. The second-order valence-electron chi connectivity index (χ2n) is 3.87. The van der Waals surface area contributed by atoms with Crippen molar-refractivity contribution in [3.63, 3.8) is 0 Å². The fourth-order valence-electron chi connectivity index (χ4n) is 1.78. The van der Waals surface area contributed by atoms with E-state index >= 15 is 0 Å². The third-order valence-electron chi connectivity index (χ3n) is 2.67. The van der Waals surface area contributed by atoms with Crippen molar-refractivity contribution in [1.29, 1.82) is 0 Å². The molecule has 1 unspecified atom stereocenters. The third kappa shape index (κ3) is 2.88. The van der Waals surface area contributed by atoms with E-state index in [0.29, 0.717) is 0 Å². The highest BCUT2D eigenvalue weighted by Crippen LogP contribution is 2.29. The van der Waals surface area contributed by atoms with E-state index in [4.69, 9.17) is 4.74 Å². The number of rotatable bonds is 6. The van der Waals surface area contributed by atoms with Crippen molar-refractivity contribution in [3.8, 4) is 5.75 Å². The standard InChI is InChI=1S/C15H21O/c1-5-11-16-15-10-8-9-14(12(4)6-2)13(15)7-3/h6,8-10,12H,2,4-5,7,11H2,1,3H3. The topological polar surface area (TPSA) is 9.23 Å². The Morgan fingerprint density at radius 3 is 2.69 bits per heavy atom. The molecule has 0 aliphatic rings. The number of hydrogen-bond acceptors (Lipinski definition) is 1. The molecule has 0 aliphatic heterocycles. The van der Waals surface area contributed by atoms with E-state index in [9.17, 15) is 0 Å². The van der Waals surface area contributed by atoms with Gasteiger partial charge in [0, 0.05) is 5.92 Å². The first-order chi connectivity index (χ1) is 7.74. The van der Waals surface area contributed by atoms with Crippen LogP contribution in [0.4, 0.5) is 0 Å². The molecule has 0 aliphatic carbocycles. The van der Waals surface area contributed by atoms with Gasteiger partial charge in [0.1, 0.15) is 5.75 Å². The second kappa shape index (κ2) is 6.37. The van der Waals surface area contributed by atoms with Crippen LogP contribution in [0.2, 0.25) is 0 Å². The molecule has 87 valence electrons. The molecule has 0 heterocycles. The number of hydrogen-bond donors (Lipinski definition) is 0. The maximum absolute atomic E-state index is 5.75. The molecular formula is C15H21O. The van der Waals surface area contributed by atoms with Crippen LogP contribution in [-0.2, 0) is 6.42 Å². The SMILES string of the molecule is [CH2]C(C=C)c1cccc(OCCC)c1CC. The van der Waals surface area contributed by atoms with Gasteiger partial charge in [-0.3, -0.25) is 0 Å². The van der Waals surface area contributed by atoms with Gasteiger partial charge < -0.3 is 4.74 Å². The molecule has 0 fully saturated rings. The molecule has 0 spiro atoms. The summed E-state index contributed by atoms with van der Waals surface area (Å²) < 4.78 is 5.75. The minimum absolute atomic E-state index is 0.139. The predicted octanol–water partition coefficient (Wildman–Crippen LogP) is 4.14. The summed E-state index contributed by atoms with van der Waals surface area (Å²) in [7, 11) is 0. The summed E-state index contributed by atoms with van der Waals surface area (Å²) in [4.78, 5) is 0. The largest absolute Gasteiger partial charge is 0.493 e. The van der Waals surface area contributed by atoms with E-state index in [1.54, 1.807) is 0 Å². The van der Waals surface area contributed by atoms with Crippen LogP contribution in [0.25, 0.3) is 0 Å². The van der Waals surface area contributed by atoms with E-state index < -0.39 is 0 Å². The van der Waals surface area contributed by atoms with Crippen LogP contribution in [0, 0.1) is 6.92 Å². The van der Waals surface area contributed by atoms with E-state index in [0.717, 1.165) is 25.2 Å². The molecule has 1 radical (unpaired) electrons. The molecular weight excluding hydrogens is 196 g/mol. The van der Waals surface area contributed by atoms with Crippen molar-refractivity contribution in [2.75, 3.05) is 6.61 Å². The van der Waals surface area contributed by atoms with Crippen molar-refractivity contribution in [2.45, 2.75) is 32.6 Å². The zero-order valence-electron chi connectivity index (χ0n) is 10.3. The lowest BCUT2D eigenvalue weighted by atomic mass is 9.94. The van der Waals surface area contributed by atoms with Crippen molar-refractivity contribution in [1.82, 2.24) is 0 Å². The van der Waals surface area contributed by atoms with E-state index in [1.807, 2.05) is 18.2 Å². The maximum atomic E-state index is 5.75. The van der Waals surface area contributed by atoms with Gasteiger partial charge in [0.05, 0.1) is 6.61 Å². The van der Waals surface area contributed by atoms with Crippen LogP contribution in [0.5, 0.6) is 5.75 Å². The Kier molecular flexibility index (Phi) is 5.10. The van der Waals surface area contributed by atoms with Gasteiger partial charge >= 0.3 is 0 Å². The highest BCUT2D eigenvalue weighted by atomic mass is 16.5. The minimum atomic E-state index is 0.139. The highest BCUT2D eigenvalue weighted by Gasteiger charge is 2.11. The molecule has 1 rings (SSSR count). The Labute approximate surface area is 99.1 Å². The van der Waals surface area contributed by atoms with Crippen molar-refractivity contribution < 1.29 is 4.74 Å². The van der Waals surface area contributed by atoms with Gasteiger partial charge in [-0.2, -0.15) is 0 Å². The molecule has 0 aromatic heterocycles. The maximum Gasteiger partial charge on any atom is 0.122 e. The molecule has 0 saturated carbocycles. The minimum Gasteiger partial charge on any atom is -0.493 e. The Balaban J connectivity index is 3.04. The Morgan fingerprint density at radius 1 is 1.38 bits per heavy atom. The van der Waals surface area contributed by atoms with Crippen LogP contribution in [0.3, 0.4) is 0 Å². The molecule has 0 saturated heterocycles. The molecule has 0 bridgehead atoms. The second-order valence-corrected chi connectivity index (χ2v) is 3.87. The van der Waals surface area contributed by atoms with Gasteiger partial charge in [-0.1, -0.05) is 32.1 Å². The van der Waals surface area contributed by atoms with Crippen LogP contribution in [-0.4, -0.2) is 6.61 Å². The predicted molar refractivity (Wildman–Crippen MR) is 69.9 cm³/mol. The van der Waals surface area contributed by atoms with Crippen LogP contribution < -0.4 is 4.74 Å². The van der Waals surface area contributed by atoms with Crippen molar-refractivity contribution >= 4 is 0 Å². The zero-order chi connectivity index (χ0) is 12.0. The lowest BCUT2D eigenvalue weighted by molar-refractivity contribution is 0.314. The van der Waals surface area contributed by atoms with E-state index in [1.165, 1.54) is 11.1 Å². The summed E-state index contributed by atoms with van der Waals surface area (Å²) in [5.74, 6) is 1.14. The first-order valence-corrected chi connectivity index (χ1v) is 5.94. The lowest BCUT2D eigenvalue weighted by Crippen LogP contribution is -2.03. The quantitative estimate of drug-likeness (QED) is 0.651. The van der Waals surface area contributed by atoms with Crippen LogP contribution in [0.15, 0.2) is 30.9 Å². The molecule has 16 heavy (non-hydrogen) atoms. The summed E-state index contributed by atoms with van der Waals surface area (Å²) in [6, 6.07) is 6.17. The highest BCUT2D eigenvalue weighted by molar-refractivity contribution is 5.43. The van der Waals surface area contributed by atoms with Crippen molar-refractivity contribution in [3.05, 3.63) is 48.9 Å². The molecule has 1 heteroatoms. The molecule has 1 aromatic rings. The van der Waals surface area contributed by atoms with Crippen LogP contribution in [0.1, 0.15) is 37.3 Å². The number of ether oxygens (including phenoxy) is 1. The first-order valence-electron chi connectivity index (χ1n) is 5.94. The summed E-state index contributed by atoms with van der Waals surface area (Å²) in [5, 5.41) is 0. The normalized spacial score (nSPS) is 12.2. The van der Waals surface area contributed by atoms with Gasteiger partial charge in [0.2, 0.25) is 0 Å². The van der Waals surface area contributed by atoms with Crippen LogP contribution >= 0.6 is 0 Å². The Morgan fingerprint density at radius 2 is 2.12 bits per heavy atom. The van der Waals surface area contributed by atoms with Gasteiger partial charge in [0.15, 0.2) is 0 Å². The van der Waals surface area contributed by atoms with E-state index in [2.05, 4.69) is 33.4 Å². The summed E-state index contributed by atoms with van der Waals surface area (Å²) >= 11 is 0. The first kappa shape index (κ1) is 12.8. The lowest BCUT2D eigenvalue weighted by Gasteiger charge is -2.16. The number of benzene rings is 1. The monoisotopic (exact) mass is 217 g/mol. The fraction of sp³-hybridized carbons (Fsp3) is 0.400. The Bertz CT molecular complexity index is 341.